The second kappa shape index (κ2) is 12.4. The highest BCUT2D eigenvalue weighted by Crippen LogP contribution is 2.32. The number of benzene rings is 3. The van der Waals surface area contributed by atoms with Crippen LogP contribution in [0.1, 0.15) is 5.56 Å². The second-order valence-electron chi connectivity index (χ2n) is 8.28. The van der Waals surface area contributed by atoms with Crippen LogP contribution >= 0.6 is 22.9 Å². The summed E-state index contributed by atoms with van der Waals surface area (Å²) in [5, 5.41) is 8.92. The van der Waals surface area contributed by atoms with Crippen molar-refractivity contribution in [2.75, 3.05) is 37.9 Å². The van der Waals surface area contributed by atoms with Gasteiger partial charge in [0.2, 0.25) is 15.9 Å². The van der Waals surface area contributed by atoms with Crippen LogP contribution in [0.5, 0.6) is 5.75 Å². The van der Waals surface area contributed by atoms with Crippen LogP contribution in [0.3, 0.4) is 0 Å². The summed E-state index contributed by atoms with van der Waals surface area (Å²) in [6.07, 6.45) is 0.442. The van der Waals surface area contributed by atoms with E-state index in [0.717, 1.165) is 22.0 Å². The molecule has 0 aliphatic carbocycles. The van der Waals surface area contributed by atoms with Crippen LogP contribution in [-0.4, -0.2) is 50.9 Å². The maximum absolute atomic E-state index is 13.5. The van der Waals surface area contributed by atoms with Crippen molar-refractivity contribution in [1.82, 2.24) is 9.29 Å². The van der Waals surface area contributed by atoms with E-state index in [1.807, 2.05) is 41.8 Å². The molecular weight excluding hydrogens is 544 g/mol. The van der Waals surface area contributed by atoms with Gasteiger partial charge in [0.25, 0.3) is 0 Å². The van der Waals surface area contributed by atoms with E-state index in [9.17, 15) is 13.2 Å². The molecule has 4 rings (SSSR count). The lowest BCUT2D eigenvalue weighted by Crippen LogP contribution is -2.39. The zero-order valence-corrected chi connectivity index (χ0v) is 23.2. The molecule has 0 saturated carbocycles. The summed E-state index contributed by atoms with van der Waals surface area (Å²) in [6, 6.07) is 20.7. The summed E-state index contributed by atoms with van der Waals surface area (Å²) in [4.78, 5) is 17.8. The minimum absolute atomic E-state index is 0.0613. The first kappa shape index (κ1) is 27.6. The number of rotatable bonds is 11. The van der Waals surface area contributed by atoms with Gasteiger partial charge in [-0.2, -0.15) is 4.31 Å². The van der Waals surface area contributed by atoms with Crippen molar-refractivity contribution in [1.29, 1.82) is 0 Å². The summed E-state index contributed by atoms with van der Waals surface area (Å²) < 4.78 is 33.6. The van der Waals surface area contributed by atoms with Gasteiger partial charge in [-0.05, 0) is 54.4 Å². The Hall–Kier alpha value is -3.44. The van der Waals surface area contributed by atoms with Gasteiger partial charge in [-0.25, -0.2) is 13.4 Å². The lowest BCUT2D eigenvalue weighted by atomic mass is 10.1. The first-order valence-corrected chi connectivity index (χ1v) is 14.4. The highest BCUT2D eigenvalue weighted by atomic mass is 35.5. The smallest absolute Gasteiger partial charge is 0.243 e. The molecule has 1 heterocycles. The quantitative estimate of drug-likeness (QED) is 0.251. The Morgan fingerprint density at radius 1 is 1.08 bits per heavy atom. The zero-order valence-electron chi connectivity index (χ0n) is 20.8. The number of hydrogen-bond donors (Lipinski definition) is 2. The summed E-state index contributed by atoms with van der Waals surface area (Å²) in [7, 11) is -0.676. The number of ether oxygens (including phenoxy) is 1. The number of carbonyl (C=O) groups is 1. The Labute approximate surface area is 231 Å². The molecule has 0 atom stereocenters. The minimum atomic E-state index is -3.98. The average Bonchev–Trinajstić information content (AvgIpc) is 3.41. The first-order valence-electron chi connectivity index (χ1n) is 11.7. The molecule has 0 unspecified atom stereocenters. The van der Waals surface area contributed by atoms with Crippen LogP contribution in [0.4, 0.5) is 10.8 Å². The topological polar surface area (TPSA) is 101 Å². The van der Waals surface area contributed by atoms with Crippen LogP contribution < -0.4 is 15.4 Å². The number of methoxy groups -OCH3 is 1. The monoisotopic (exact) mass is 570 g/mol. The number of hydrogen-bond acceptors (Lipinski definition) is 7. The van der Waals surface area contributed by atoms with E-state index >= 15 is 0 Å². The summed E-state index contributed by atoms with van der Waals surface area (Å²) >= 11 is 7.43. The molecule has 1 aromatic heterocycles. The number of halogens is 1. The van der Waals surface area contributed by atoms with Crippen LogP contribution in [0.2, 0.25) is 5.02 Å². The Morgan fingerprint density at radius 2 is 1.82 bits per heavy atom. The van der Waals surface area contributed by atoms with Gasteiger partial charge in [0.05, 0.1) is 29.9 Å². The maximum Gasteiger partial charge on any atom is 0.243 e. The number of nitrogens with zero attached hydrogens (tertiary/aromatic N) is 2. The van der Waals surface area contributed by atoms with Crippen LogP contribution in [0, 0.1) is 0 Å². The molecule has 2 N–H and O–H groups in total. The van der Waals surface area contributed by atoms with Gasteiger partial charge in [0.1, 0.15) is 5.75 Å². The molecule has 4 aromatic rings. The molecule has 0 bridgehead atoms. The standard InChI is InChI=1S/C27H27ClN4O4S2/c1-29-27-31-24(18-37-27)20-8-13-25(36-2)23(16-20)30-26(33)17-32(15-14-19-6-4-3-5-7-19)38(34,35)22-11-9-21(28)10-12-22/h3-13,16,18H,14-15,17H2,1-2H3,(H,29,31)(H,30,33). The zero-order chi connectivity index (χ0) is 27.1. The second-order valence-corrected chi connectivity index (χ2v) is 11.5. The minimum Gasteiger partial charge on any atom is -0.495 e. The molecular formula is C27H27ClN4O4S2. The molecule has 0 fully saturated rings. The highest BCUT2D eigenvalue weighted by Gasteiger charge is 2.27. The number of carbonyl (C=O) groups excluding carboxylic acids is 1. The summed E-state index contributed by atoms with van der Waals surface area (Å²) in [5.74, 6) is -0.0530. The summed E-state index contributed by atoms with van der Waals surface area (Å²) in [6.45, 7) is -0.267. The van der Waals surface area contributed by atoms with Crippen molar-refractivity contribution in [3.63, 3.8) is 0 Å². The van der Waals surface area contributed by atoms with E-state index in [0.29, 0.717) is 22.9 Å². The third-order valence-electron chi connectivity index (χ3n) is 5.75. The summed E-state index contributed by atoms with van der Waals surface area (Å²) in [5.41, 5.74) is 2.91. The van der Waals surface area contributed by atoms with Crippen molar-refractivity contribution in [3.05, 3.63) is 88.8 Å². The molecule has 0 radical (unpaired) electrons. The largest absolute Gasteiger partial charge is 0.495 e. The van der Waals surface area contributed by atoms with Crippen molar-refractivity contribution >= 4 is 49.7 Å². The first-order chi connectivity index (χ1) is 18.3. The van der Waals surface area contributed by atoms with Gasteiger partial charge in [-0.1, -0.05) is 41.9 Å². The van der Waals surface area contributed by atoms with Crippen molar-refractivity contribution in [2.24, 2.45) is 0 Å². The number of nitrogens with one attached hydrogen (secondary N) is 2. The van der Waals surface area contributed by atoms with E-state index < -0.39 is 15.9 Å². The van der Waals surface area contributed by atoms with Crippen LogP contribution in [-0.2, 0) is 21.2 Å². The molecule has 11 heteroatoms. The SMILES string of the molecule is CNc1nc(-c2ccc(OC)c(NC(=O)CN(CCc3ccccc3)S(=O)(=O)c3ccc(Cl)cc3)c2)cs1. The molecule has 0 spiro atoms. The number of thiazole rings is 1. The Morgan fingerprint density at radius 3 is 2.47 bits per heavy atom. The van der Waals surface area contributed by atoms with E-state index in [4.69, 9.17) is 16.3 Å². The number of sulfonamides is 1. The lowest BCUT2D eigenvalue weighted by Gasteiger charge is -2.22. The molecule has 0 aliphatic heterocycles. The molecule has 0 aliphatic rings. The van der Waals surface area contributed by atoms with E-state index in [1.165, 1.54) is 47.0 Å². The van der Waals surface area contributed by atoms with Gasteiger partial charge in [0, 0.05) is 29.6 Å². The molecule has 38 heavy (non-hydrogen) atoms. The molecule has 198 valence electrons. The van der Waals surface area contributed by atoms with Gasteiger partial charge < -0.3 is 15.4 Å². The number of amides is 1. The number of aromatic nitrogens is 1. The predicted molar refractivity (Wildman–Crippen MR) is 153 cm³/mol. The Balaban J connectivity index is 1.58. The Bertz CT molecular complexity index is 1490. The molecule has 8 nitrogen and oxygen atoms in total. The van der Waals surface area contributed by atoms with Gasteiger partial charge in [-0.15, -0.1) is 11.3 Å². The maximum atomic E-state index is 13.5. The third-order valence-corrected chi connectivity index (χ3v) is 8.72. The van der Waals surface area contributed by atoms with E-state index in [1.54, 1.807) is 19.2 Å². The van der Waals surface area contributed by atoms with E-state index in [2.05, 4.69) is 15.6 Å². The van der Waals surface area contributed by atoms with E-state index in [-0.39, 0.29) is 18.0 Å². The highest BCUT2D eigenvalue weighted by molar-refractivity contribution is 7.89. The van der Waals surface area contributed by atoms with Crippen molar-refractivity contribution in [3.8, 4) is 17.0 Å². The lowest BCUT2D eigenvalue weighted by molar-refractivity contribution is -0.116. The van der Waals surface area contributed by atoms with Crippen molar-refractivity contribution in [2.45, 2.75) is 11.3 Å². The average molecular weight is 571 g/mol. The fourth-order valence-electron chi connectivity index (χ4n) is 3.77. The molecule has 3 aromatic carbocycles. The van der Waals surface area contributed by atoms with Crippen LogP contribution in [0.15, 0.2) is 83.1 Å². The fourth-order valence-corrected chi connectivity index (χ4v) is 5.98. The van der Waals surface area contributed by atoms with Gasteiger partial charge >= 0.3 is 0 Å². The normalized spacial score (nSPS) is 11.4. The predicted octanol–water partition coefficient (Wildman–Crippen LogP) is 5.39. The number of anilines is 2. The Kier molecular flexibility index (Phi) is 9.01. The molecule has 1 amide bonds. The fraction of sp³-hybridized carbons (Fsp3) is 0.185. The third kappa shape index (κ3) is 6.70. The van der Waals surface area contributed by atoms with Crippen LogP contribution in [0.25, 0.3) is 11.3 Å². The van der Waals surface area contributed by atoms with Gasteiger partial charge in [0.15, 0.2) is 5.13 Å². The molecule has 0 saturated heterocycles. The van der Waals surface area contributed by atoms with Crippen molar-refractivity contribution < 1.29 is 17.9 Å². The van der Waals surface area contributed by atoms with Gasteiger partial charge in [-0.3, -0.25) is 4.79 Å².